The third-order valence-electron chi connectivity index (χ3n) is 4.84. The maximum Gasteiger partial charge on any atom is 0.153 e. The van der Waals surface area contributed by atoms with Gasteiger partial charge in [-0.3, -0.25) is 4.90 Å². The summed E-state index contributed by atoms with van der Waals surface area (Å²) >= 11 is 0. The molecular weight excluding hydrogens is 314 g/mol. The van der Waals surface area contributed by atoms with E-state index in [1.165, 1.54) is 24.8 Å². The van der Waals surface area contributed by atoms with Crippen molar-refractivity contribution in [3.05, 3.63) is 53.6 Å². The number of piperidine rings is 1. The highest BCUT2D eigenvalue weighted by molar-refractivity contribution is 5.27. The van der Waals surface area contributed by atoms with Crippen LogP contribution in [0.3, 0.4) is 0 Å². The first-order chi connectivity index (χ1) is 12.2. The Kier molecular flexibility index (Phi) is 6.36. The maximum atomic E-state index is 9.62. The Morgan fingerprint density at radius 3 is 2.80 bits per heavy atom. The average molecular weight is 341 g/mol. The van der Waals surface area contributed by atoms with Crippen LogP contribution in [0.1, 0.15) is 42.6 Å². The molecule has 5 nitrogen and oxygen atoms in total. The normalized spacial score (nSPS) is 18.4. The summed E-state index contributed by atoms with van der Waals surface area (Å²) in [6.07, 6.45) is 9.74. The highest BCUT2D eigenvalue weighted by Crippen LogP contribution is 2.24. The van der Waals surface area contributed by atoms with Crippen molar-refractivity contribution in [2.24, 2.45) is 0 Å². The Labute approximate surface area is 149 Å². The minimum Gasteiger partial charge on any atom is -0.508 e. The number of aromatic hydroxyl groups is 1. The van der Waals surface area contributed by atoms with Crippen molar-refractivity contribution in [2.45, 2.75) is 51.3 Å². The fourth-order valence-corrected chi connectivity index (χ4v) is 3.54. The number of benzene rings is 1. The Balaban J connectivity index is 1.58. The van der Waals surface area contributed by atoms with Crippen LogP contribution in [0.5, 0.6) is 5.75 Å². The van der Waals surface area contributed by atoms with Gasteiger partial charge in [-0.05, 0) is 49.9 Å². The standard InChI is InChI=1S/C20H27N3O2/c1-25-15-20-21-12-17(13-22-20)14-23-10-3-2-6-18(23)9-8-16-5-4-7-19(24)11-16/h4-5,7,11-13,18,24H,2-3,6,8-10,14-15H2,1H3. The number of rotatable bonds is 7. The van der Waals surface area contributed by atoms with Gasteiger partial charge in [-0.1, -0.05) is 18.6 Å². The molecule has 0 amide bonds. The van der Waals surface area contributed by atoms with Crippen LogP contribution < -0.4 is 0 Å². The monoisotopic (exact) mass is 341 g/mol. The molecule has 2 heterocycles. The van der Waals surface area contributed by atoms with Crippen molar-refractivity contribution in [1.29, 1.82) is 0 Å². The zero-order chi connectivity index (χ0) is 17.5. The zero-order valence-corrected chi connectivity index (χ0v) is 14.9. The molecule has 0 saturated carbocycles. The van der Waals surface area contributed by atoms with Crippen LogP contribution in [0, 0.1) is 0 Å². The van der Waals surface area contributed by atoms with Gasteiger partial charge in [0.2, 0.25) is 0 Å². The number of ether oxygens (including phenoxy) is 1. The van der Waals surface area contributed by atoms with Crippen LogP contribution in [0.25, 0.3) is 0 Å². The van der Waals surface area contributed by atoms with Crippen LogP contribution in [0.4, 0.5) is 0 Å². The number of hydrogen-bond donors (Lipinski definition) is 1. The number of hydrogen-bond acceptors (Lipinski definition) is 5. The molecule has 1 fully saturated rings. The van der Waals surface area contributed by atoms with Gasteiger partial charge in [-0.2, -0.15) is 0 Å². The quantitative estimate of drug-likeness (QED) is 0.837. The molecule has 1 atom stereocenters. The van der Waals surface area contributed by atoms with E-state index in [0.717, 1.165) is 37.3 Å². The minimum absolute atomic E-state index is 0.353. The van der Waals surface area contributed by atoms with E-state index in [2.05, 4.69) is 20.9 Å². The lowest BCUT2D eigenvalue weighted by molar-refractivity contribution is 0.132. The lowest BCUT2D eigenvalue weighted by Gasteiger charge is -2.35. The second kappa shape index (κ2) is 8.92. The van der Waals surface area contributed by atoms with Gasteiger partial charge in [0.15, 0.2) is 5.82 Å². The third-order valence-corrected chi connectivity index (χ3v) is 4.84. The molecule has 0 bridgehead atoms. The fraction of sp³-hybridized carbons (Fsp3) is 0.500. The molecule has 0 radical (unpaired) electrons. The molecule has 25 heavy (non-hydrogen) atoms. The van der Waals surface area contributed by atoms with E-state index in [9.17, 15) is 5.11 Å². The van der Waals surface area contributed by atoms with Crippen LogP contribution in [0.2, 0.25) is 0 Å². The van der Waals surface area contributed by atoms with E-state index >= 15 is 0 Å². The SMILES string of the molecule is COCc1ncc(CN2CCCCC2CCc2cccc(O)c2)cn1. The number of likely N-dealkylation sites (tertiary alicyclic amines) is 1. The predicted molar refractivity (Wildman–Crippen MR) is 97.2 cm³/mol. The molecule has 5 heteroatoms. The molecule has 1 aliphatic heterocycles. The summed E-state index contributed by atoms with van der Waals surface area (Å²) in [4.78, 5) is 11.3. The molecule has 2 aromatic rings. The Morgan fingerprint density at radius 1 is 1.20 bits per heavy atom. The summed E-state index contributed by atoms with van der Waals surface area (Å²) in [6, 6.07) is 8.19. The van der Waals surface area contributed by atoms with Crippen molar-refractivity contribution >= 4 is 0 Å². The molecule has 0 aliphatic carbocycles. The molecular formula is C20H27N3O2. The lowest BCUT2D eigenvalue weighted by Crippen LogP contribution is -2.39. The van der Waals surface area contributed by atoms with Gasteiger partial charge in [-0.15, -0.1) is 0 Å². The number of aromatic nitrogens is 2. The van der Waals surface area contributed by atoms with Gasteiger partial charge in [0.05, 0.1) is 0 Å². The van der Waals surface area contributed by atoms with Crippen molar-refractivity contribution in [3.63, 3.8) is 0 Å². The second-order valence-electron chi connectivity index (χ2n) is 6.77. The molecule has 3 rings (SSSR count). The number of phenols is 1. The maximum absolute atomic E-state index is 9.62. The average Bonchev–Trinajstić information content (AvgIpc) is 2.63. The first-order valence-corrected chi connectivity index (χ1v) is 9.05. The molecule has 0 spiro atoms. The Morgan fingerprint density at radius 2 is 2.04 bits per heavy atom. The molecule has 1 aromatic carbocycles. The number of methoxy groups -OCH3 is 1. The zero-order valence-electron chi connectivity index (χ0n) is 14.9. The lowest BCUT2D eigenvalue weighted by atomic mass is 9.95. The first kappa shape index (κ1) is 17.8. The Hall–Kier alpha value is -1.98. The molecule has 1 N–H and O–H groups in total. The summed E-state index contributed by atoms with van der Waals surface area (Å²) < 4.78 is 5.06. The molecule has 1 saturated heterocycles. The van der Waals surface area contributed by atoms with Gasteiger partial charge in [0.1, 0.15) is 12.4 Å². The molecule has 1 unspecified atom stereocenters. The number of phenolic OH excluding ortho intramolecular Hbond substituents is 1. The minimum atomic E-state index is 0.353. The van der Waals surface area contributed by atoms with E-state index in [0.29, 0.717) is 18.4 Å². The summed E-state index contributed by atoms with van der Waals surface area (Å²) in [6.45, 7) is 2.49. The summed E-state index contributed by atoms with van der Waals surface area (Å²) in [5, 5.41) is 9.62. The van der Waals surface area contributed by atoms with Crippen molar-refractivity contribution < 1.29 is 9.84 Å². The molecule has 134 valence electrons. The predicted octanol–water partition coefficient (Wildman–Crippen LogP) is 3.32. The largest absolute Gasteiger partial charge is 0.508 e. The van der Waals surface area contributed by atoms with Crippen LogP contribution >= 0.6 is 0 Å². The van der Waals surface area contributed by atoms with Crippen LogP contribution in [-0.2, 0) is 24.3 Å². The fourth-order valence-electron chi connectivity index (χ4n) is 3.54. The van der Waals surface area contributed by atoms with Crippen LogP contribution in [0.15, 0.2) is 36.7 Å². The van der Waals surface area contributed by atoms with Crippen molar-refractivity contribution in [2.75, 3.05) is 13.7 Å². The van der Waals surface area contributed by atoms with E-state index in [1.54, 1.807) is 13.2 Å². The van der Waals surface area contributed by atoms with E-state index in [1.807, 2.05) is 24.5 Å². The van der Waals surface area contributed by atoms with Gasteiger partial charge in [-0.25, -0.2) is 9.97 Å². The van der Waals surface area contributed by atoms with Crippen LogP contribution in [-0.4, -0.2) is 39.7 Å². The topological polar surface area (TPSA) is 58.5 Å². The highest BCUT2D eigenvalue weighted by atomic mass is 16.5. The molecule has 1 aliphatic rings. The van der Waals surface area contributed by atoms with Gasteiger partial charge >= 0.3 is 0 Å². The van der Waals surface area contributed by atoms with Gasteiger partial charge < -0.3 is 9.84 Å². The van der Waals surface area contributed by atoms with E-state index in [4.69, 9.17) is 4.74 Å². The summed E-state index contributed by atoms with van der Waals surface area (Å²) in [5.41, 5.74) is 2.36. The smallest absolute Gasteiger partial charge is 0.153 e. The first-order valence-electron chi connectivity index (χ1n) is 9.05. The highest BCUT2D eigenvalue weighted by Gasteiger charge is 2.22. The third kappa shape index (κ3) is 5.25. The van der Waals surface area contributed by atoms with E-state index < -0.39 is 0 Å². The summed E-state index contributed by atoms with van der Waals surface area (Å²) in [7, 11) is 1.65. The van der Waals surface area contributed by atoms with Crippen molar-refractivity contribution in [1.82, 2.24) is 14.9 Å². The van der Waals surface area contributed by atoms with Gasteiger partial charge in [0, 0.05) is 37.7 Å². The van der Waals surface area contributed by atoms with E-state index in [-0.39, 0.29) is 0 Å². The second-order valence-corrected chi connectivity index (χ2v) is 6.77. The molecule has 1 aromatic heterocycles. The Bertz CT molecular complexity index is 660. The van der Waals surface area contributed by atoms with Crippen molar-refractivity contribution in [3.8, 4) is 5.75 Å². The number of nitrogens with zero attached hydrogens (tertiary/aromatic N) is 3. The summed E-state index contributed by atoms with van der Waals surface area (Å²) in [5.74, 6) is 1.08. The van der Waals surface area contributed by atoms with Gasteiger partial charge in [0.25, 0.3) is 0 Å². The number of aryl methyl sites for hydroxylation is 1.